The molecular weight excluding hydrogens is 271 g/mol. The molecule has 0 spiro atoms. The van der Waals surface area contributed by atoms with Crippen molar-refractivity contribution in [1.82, 2.24) is 10.9 Å². The minimum absolute atomic E-state index is 0.374. The summed E-state index contributed by atoms with van der Waals surface area (Å²) in [6.45, 7) is -0.807. The first kappa shape index (κ1) is 15.4. The molecule has 0 aromatic heterocycles. The second-order valence-corrected chi connectivity index (χ2v) is 3.59. The predicted octanol–water partition coefficient (Wildman–Crippen LogP) is -0.520. The topological polar surface area (TPSA) is 123 Å². The number of nitrogens with one attached hydrogen (secondary N) is 3. The van der Waals surface area contributed by atoms with Crippen LogP contribution in [0.1, 0.15) is 0 Å². The normalized spacial score (nSPS) is 9.65. The average Bonchev–Trinajstić information content (AvgIpc) is 2.39. The van der Waals surface area contributed by atoms with E-state index in [1.54, 1.807) is 0 Å². The van der Waals surface area contributed by atoms with Crippen LogP contribution in [0.5, 0.6) is 0 Å². The second kappa shape index (κ2) is 7.69. The zero-order valence-corrected chi connectivity index (χ0v) is 10.3. The highest BCUT2D eigenvalue weighted by Gasteiger charge is 2.06. The molecule has 9 heteroatoms. The first-order valence-corrected chi connectivity index (χ1v) is 5.45. The molecule has 0 fully saturated rings. The minimum atomic E-state index is -0.924. The summed E-state index contributed by atoms with van der Waals surface area (Å²) in [5.41, 5.74) is 8.92. The smallest absolute Gasteiger partial charge is 0.330 e. The Morgan fingerprint density at radius 3 is 2.25 bits per heavy atom. The van der Waals surface area contributed by atoms with Crippen molar-refractivity contribution < 1.29 is 23.5 Å². The number of amides is 4. The van der Waals surface area contributed by atoms with Crippen LogP contribution in [0.15, 0.2) is 24.3 Å². The summed E-state index contributed by atoms with van der Waals surface area (Å²) in [6.07, 6.45) is 0. The number of benzene rings is 1. The van der Waals surface area contributed by atoms with Crippen LogP contribution in [-0.4, -0.2) is 31.1 Å². The molecule has 108 valence electrons. The molecule has 0 heterocycles. The van der Waals surface area contributed by atoms with Crippen molar-refractivity contribution in [3.05, 3.63) is 30.1 Å². The van der Waals surface area contributed by atoms with E-state index in [2.05, 4.69) is 5.32 Å². The van der Waals surface area contributed by atoms with Gasteiger partial charge in [-0.25, -0.2) is 14.6 Å². The van der Waals surface area contributed by atoms with E-state index >= 15 is 0 Å². The molecule has 0 aliphatic heterocycles. The number of carbonyl (C=O) groups excluding carboxylic acids is 3. The quantitative estimate of drug-likeness (QED) is 0.543. The van der Waals surface area contributed by atoms with Gasteiger partial charge < -0.3 is 15.8 Å². The van der Waals surface area contributed by atoms with E-state index in [-0.39, 0.29) is 6.61 Å². The maximum atomic E-state index is 12.6. The van der Waals surface area contributed by atoms with Crippen molar-refractivity contribution >= 4 is 23.5 Å². The number of primary amides is 1. The highest BCUT2D eigenvalue weighted by molar-refractivity contribution is 5.91. The van der Waals surface area contributed by atoms with E-state index in [0.717, 1.165) is 0 Å². The number of ether oxygens (including phenoxy) is 1. The van der Waals surface area contributed by atoms with Crippen molar-refractivity contribution in [1.29, 1.82) is 0 Å². The van der Waals surface area contributed by atoms with Crippen LogP contribution in [0, 0.1) is 5.82 Å². The van der Waals surface area contributed by atoms with E-state index in [1.165, 1.54) is 24.3 Å². The summed E-state index contributed by atoms with van der Waals surface area (Å²) < 4.78 is 17.4. The first-order valence-electron chi connectivity index (χ1n) is 5.45. The second-order valence-electron chi connectivity index (χ2n) is 3.59. The Balaban J connectivity index is 2.21. The SMILES string of the molecule is NC(=O)NNC(=O)COCC(=O)Nc1ccc(F)cc1. The molecule has 0 saturated carbocycles. The Morgan fingerprint density at radius 2 is 1.65 bits per heavy atom. The summed E-state index contributed by atoms with van der Waals surface area (Å²) >= 11 is 0. The molecule has 0 radical (unpaired) electrons. The Morgan fingerprint density at radius 1 is 1.05 bits per heavy atom. The van der Waals surface area contributed by atoms with Gasteiger partial charge in [0.2, 0.25) is 5.91 Å². The zero-order valence-electron chi connectivity index (χ0n) is 10.3. The van der Waals surface area contributed by atoms with Gasteiger partial charge in [0.15, 0.2) is 0 Å². The molecule has 0 aliphatic rings. The molecule has 1 aromatic carbocycles. The highest BCUT2D eigenvalue weighted by atomic mass is 19.1. The summed E-state index contributed by atoms with van der Waals surface area (Å²) in [5, 5.41) is 2.44. The Labute approximate surface area is 113 Å². The molecule has 0 atom stereocenters. The number of hydrogen-bond acceptors (Lipinski definition) is 4. The fraction of sp³-hybridized carbons (Fsp3) is 0.182. The van der Waals surface area contributed by atoms with Crippen LogP contribution in [0.4, 0.5) is 14.9 Å². The molecule has 0 unspecified atom stereocenters. The van der Waals surface area contributed by atoms with Gasteiger partial charge in [0.05, 0.1) is 0 Å². The van der Waals surface area contributed by atoms with Crippen LogP contribution >= 0.6 is 0 Å². The van der Waals surface area contributed by atoms with E-state index < -0.39 is 30.3 Å². The largest absolute Gasteiger partial charge is 0.362 e. The fourth-order valence-electron chi connectivity index (χ4n) is 1.13. The van der Waals surface area contributed by atoms with Gasteiger partial charge in [-0.15, -0.1) is 0 Å². The minimum Gasteiger partial charge on any atom is -0.362 e. The average molecular weight is 284 g/mol. The number of rotatable bonds is 5. The lowest BCUT2D eigenvalue weighted by Gasteiger charge is -2.07. The van der Waals surface area contributed by atoms with Crippen molar-refractivity contribution in [2.45, 2.75) is 0 Å². The van der Waals surface area contributed by atoms with E-state index in [0.29, 0.717) is 5.69 Å². The molecule has 5 N–H and O–H groups in total. The van der Waals surface area contributed by atoms with E-state index in [4.69, 9.17) is 10.5 Å². The van der Waals surface area contributed by atoms with E-state index in [1.807, 2.05) is 10.9 Å². The molecule has 0 bridgehead atoms. The van der Waals surface area contributed by atoms with E-state index in [9.17, 15) is 18.8 Å². The van der Waals surface area contributed by atoms with Gasteiger partial charge in [0.1, 0.15) is 19.0 Å². The van der Waals surface area contributed by atoms with Crippen LogP contribution in [-0.2, 0) is 14.3 Å². The van der Waals surface area contributed by atoms with Crippen LogP contribution in [0.2, 0.25) is 0 Å². The van der Waals surface area contributed by atoms with Gasteiger partial charge in [0.25, 0.3) is 5.91 Å². The molecule has 8 nitrogen and oxygen atoms in total. The highest BCUT2D eigenvalue weighted by Crippen LogP contribution is 2.07. The summed E-state index contributed by atoms with van der Waals surface area (Å²) in [4.78, 5) is 32.7. The number of nitrogens with two attached hydrogens (primary N) is 1. The standard InChI is InChI=1S/C11H13FN4O4/c12-7-1-3-8(4-2-7)14-9(17)5-20-6-10(18)15-16-11(13)19/h1-4H,5-6H2,(H,14,17)(H,15,18)(H3,13,16,19). The molecule has 0 saturated heterocycles. The first-order chi connectivity index (χ1) is 9.47. The van der Waals surface area contributed by atoms with Gasteiger partial charge >= 0.3 is 6.03 Å². The van der Waals surface area contributed by atoms with Crippen molar-refractivity contribution in [2.75, 3.05) is 18.5 Å². The van der Waals surface area contributed by atoms with Gasteiger partial charge in [-0.1, -0.05) is 0 Å². The molecule has 1 aromatic rings. The van der Waals surface area contributed by atoms with Crippen LogP contribution < -0.4 is 21.9 Å². The lowest BCUT2D eigenvalue weighted by Crippen LogP contribution is -2.46. The third kappa shape index (κ3) is 6.31. The molecule has 1 rings (SSSR count). The number of hydrazine groups is 1. The third-order valence-corrected chi connectivity index (χ3v) is 1.92. The van der Waals surface area contributed by atoms with Gasteiger partial charge in [-0.05, 0) is 24.3 Å². The number of hydrogen-bond donors (Lipinski definition) is 4. The Kier molecular flexibility index (Phi) is 5.91. The van der Waals surface area contributed by atoms with Crippen molar-refractivity contribution in [3.8, 4) is 0 Å². The summed E-state index contributed by atoms with van der Waals surface area (Å²) in [6, 6.07) is 4.24. The van der Waals surface area contributed by atoms with Crippen LogP contribution in [0.3, 0.4) is 0 Å². The van der Waals surface area contributed by atoms with Crippen molar-refractivity contribution in [3.63, 3.8) is 0 Å². The third-order valence-electron chi connectivity index (χ3n) is 1.92. The lowest BCUT2D eigenvalue weighted by atomic mass is 10.3. The maximum Gasteiger partial charge on any atom is 0.330 e. The fourth-order valence-corrected chi connectivity index (χ4v) is 1.13. The number of halogens is 1. The van der Waals surface area contributed by atoms with Gasteiger partial charge in [-0.2, -0.15) is 0 Å². The summed E-state index contributed by atoms with van der Waals surface area (Å²) in [5.74, 6) is -1.59. The maximum absolute atomic E-state index is 12.6. The summed E-state index contributed by atoms with van der Waals surface area (Å²) in [7, 11) is 0. The molecular formula is C11H13FN4O4. The lowest BCUT2D eigenvalue weighted by molar-refractivity contribution is -0.129. The van der Waals surface area contributed by atoms with Gasteiger partial charge in [-0.3, -0.25) is 15.0 Å². The molecule has 20 heavy (non-hydrogen) atoms. The number of urea groups is 1. The predicted molar refractivity (Wildman–Crippen MR) is 66.7 cm³/mol. The monoisotopic (exact) mass is 284 g/mol. The Hall–Kier alpha value is -2.68. The van der Waals surface area contributed by atoms with Crippen molar-refractivity contribution in [2.24, 2.45) is 5.73 Å². The zero-order chi connectivity index (χ0) is 15.0. The van der Waals surface area contributed by atoms with Gasteiger partial charge in [0, 0.05) is 5.69 Å². The molecule has 4 amide bonds. The Bertz CT molecular complexity index is 492. The number of carbonyl (C=O) groups is 3. The number of anilines is 1. The van der Waals surface area contributed by atoms with Crippen LogP contribution in [0.25, 0.3) is 0 Å². The molecule has 0 aliphatic carbocycles.